The average molecular weight is 208 g/mol. The van der Waals surface area contributed by atoms with Gasteiger partial charge in [-0.05, 0) is 5.92 Å². The third-order valence-electron chi connectivity index (χ3n) is 2.99. The lowest BCUT2D eigenvalue weighted by Crippen LogP contribution is -2.53. The van der Waals surface area contributed by atoms with Gasteiger partial charge in [-0.1, -0.05) is 27.7 Å². The molecule has 0 amide bonds. The molecule has 1 aliphatic rings. The smallest absolute Gasteiger partial charge is 0.236 e. The number of nitrogens with zero attached hydrogens (tertiary/aromatic N) is 1. The standard InChI is InChI=1S/C12H20N2O/c1-8-6-9(13-5)7-14-10(8)11(15)12(2,3)4/h8-10,14H,6-7H2,1-4H3. The minimum absolute atomic E-state index is 0.0454. The molecule has 1 rings (SSSR count). The molecule has 0 aromatic heterocycles. The van der Waals surface area contributed by atoms with Crippen LogP contribution in [-0.4, -0.2) is 24.4 Å². The largest absolute Gasteiger partial charge is 0.312 e. The third-order valence-corrected chi connectivity index (χ3v) is 2.99. The number of hydrogen-bond donors (Lipinski definition) is 1. The van der Waals surface area contributed by atoms with Crippen molar-refractivity contribution in [2.75, 3.05) is 6.54 Å². The summed E-state index contributed by atoms with van der Waals surface area (Å²) in [6.45, 7) is 15.5. The van der Waals surface area contributed by atoms with Crippen LogP contribution in [0.1, 0.15) is 34.1 Å². The first-order valence-corrected chi connectivity index (χ1v) is 5.50. The van der Waals surface area contributed by atoms with Crippen LogP contribution in [0.3, 0.4) is 0 Å². The van der Waals surface area contributed by atoms with E-state index in [-0.39, 0.29) is 29.2 Å². The molecule has 1 N–H and O–H groups in total. The molecule has 1 fully saturated rings. The summed E-state index contributed by atoms with van der Waals surface area (Å²) in [5, 5.41) is 3.21. The summed E-state index contributed by atoms with van der Waals surface area (Å²) in [4.78, 5) is 15.6. The van der Waals surface area contributed by atoms with Crippen LogP contribution in [0.2, 0.25) is 0 Å². The van der Waals surface area contributed by atoms with E-state index in [2.05, 4.69) is 17.1 Å². The maximum Gasteiger partial charge on any atom is 0.236 e. The molecule has 1 saturated heterocycles. The van der Waals surface area contributed by atoms with E-state index in [0.717, 1.165) is 6.42 Å². The summed E-state index contributed by atoms with van der Waals surface area (Å²) in [6, 6.07) is -0.0213. The molecule has 0 radical (unpaired) electrons. The molecule has 3 atom stereocenters. The van der Waals surface area contributed by atoms with Crippen molar-refractivity contribution in [1.82, 2.24) is 5.32 Å². The van der Waals surface area contributed by atoms with Crippen molar-refractivity contribution in [3.05, 3.63) is 11.4 Å². The number of piperidine rings is 1. The van der Waals surface area contributed by atoms with E-state index in [1.807, 2.05) is 20.8 Å². The summed E-state index contributed by atoms with van der Waals surface area (Å²) in [5.41, 5.74) is -0.295. The summed E-state index contributed by atoms with van der Waals surface area (Å²) < 4.78 is 0. The summed E-state index contributed by atoms with van der Waals surface area (Å²) >= 11 is 0. The molecule has 3 nitrogen and oxygen atoms in total. The quantitative estimate of drug-likeness (QED) is 0.668. The fourth-order valence-electron chi connectivity index (χ4n) is 2.03. The van der Waals surface area contributed by atoms with Crippen molar-refractivity contribution in [1.29, 1.82) is 0 Å². The lowest BCUT2D eigenvalue weighted by atomic mass is 9.78. The fraction of sp³-hybridized carbons (Fsp3) is 0.833. The Labute approximate surface area is 92.1 Å². The molecule has 1 heterocycles. The predicted octanol–water partition coefficient (Wildman–Crippen LogP) is 1.89. The molecule has 0 aromatic carbocycles. The van der Waals surface area contributed by atoms with Crippen LogP contribution in [0.15, 0.2) is 0 Å². The predicted molar refractivity (Wildman–Crippen MR) is 60.4 cm³/mol. The first-order valence-electron chi connectivity index (χ1n) is 5.50. The van der Waals surface area contributed by atoms with Crippen LogP contribution in [0.25, 0.3) is 4.85 Å². The first kappa shape index (κ1) is 12.2. The first-order chi connectivity index (χ1) is 6.86. The summed E-state index contributed by atoms with van der Waals surface area (Å²) in [7, 11) is 0. The lowest BCUT2D eigenvalue weighted by Gasteiger charge is -2.33. The van der Waals surface area contributed by atoms with Gasteiger partial charge in [0.05, 0.1) is 12.6 Å². The average Bonchev–Trinajstić information content (AvgIpc) is 2.15. The highest BCUT2D eigenvalue weighted by Gasteiger charge is 2.38. The van der Waals surface area contributed by atoms with Gasteiger partial charge in [0, 0.05) is 11.8 Å². The Morgan fingerprint density at radius 2 is 2.07 bits per heavy atom. The van der Waals surface area contributed by atoms with E-state index in [0.29, 0.717) is 6.54 Å². The Bertz CT molecular complexity index is 285. The number of carbonyl (C=O) groups is 1. The van der Waals surface area contributed by atoms with Crippen molar-refractivity contribution in [2.45, 2.75) is 46.2 Å². The zero-order valence-electron chi connectivity index (χ0n) is 10.0. The van der Waals surface area contributed by atoms with Crippen LogP contribution in [-0.2, 0) is 4.79 Å². The number of Topliss-reactive ketones (excluding diaryl/α,β-unsaturated/α-hetero) is 1. The van der Waals surface area contributed by atoms with Crippen LogP contribution in [0.4, 0.5) is 0 Å². The Hall–Kier alpha value is -0.880. The number of ketones is 1. The normalized spacial score (nSPS) is 32.1. The van der Waals surface area contributed by atoms with E-state index in [1.54, 1.807) is 0 Å². The molecule has 0 spiro atoms. The monoisotopic (exact) mass is 208 g/mol. The van der Waals surface area contributed by atoms with E-state index < -0.39 is 0 Å². The van der Waals surface area contributed by atoms with Crippen molar-refractivity contribution in [3.8, 4) is 0 Å². The van der Waals surface area contributed by atoms with Gasteiger partial charge >= 0.3 is 0 Å². The molecule has 84 valence electrons. The van der Waals surface area contributed by atoms with Crippen molar-refractivity contribution in [3.63, 3.8) is 0 Å². The molecule has 0 aromatic rings. The Morgan fingerprint density at radius 3 is 2.47 bits per heavy atom. The molecule has 3 heteroatoms. The molecule has 1 aliphatic heterocycles. The van der Waals surface area contributed by atoms with Gasteiger partial charge < -0.3 is 10.2 Å². The Morgan fingerprint density at radius 1 is 1.47 bits per heavy atom. The molecule has 3 unspecified atom stereocenters. The van der Waals surface area contributed by atoms with Gasteiger partial charge in [-0.2, -0.15) is 0 Å². The Balaban J connectivity index is 2.67. The van der Waals surface area contributed by atoms with Crippen molar-refractivity contribution >= 4 is 5.78 Å². The minimum Gasteiger partial charge on any atom is -0.312 e. The highest BCUT2D eigenvalue weighted by Crippen LogP contribution is 2.25. The van der Waals surface area contributed by atoms with Crippen molar-refractivity contribution < 1.29 is 4.79 Å². The van der Waals surface area contributed by atoms with Gasteiger partial charge in [0.1, 0.15) is 0 Å². The molecule has 0 saturated carbocycles. The molecular formula is C12H20N2O. The molecule has 15 heavy (non-hydrogen) atoms. The van der Waals surface area contributed by atoms with E-state index >= 15 is 0 Å². The number of hydrogen-bond acceptors (Lipinski definition) is 2. The highest BCUT2D eigenvalue weighted by atomic mass is 16.1. The lowest BCUT2D eigenvalue weighted by molar-refractivity contribution is -0.130. The maximum atomic E-state index is 12.1. The van der Waals surface area contributed by atoms with Gasteiger partial charge in [0.25, 0.3) is 0 Å². The minimum atomic E-state index is -0.295. The van der Waals surface area contributed by atoms with Gasteiger partial charge in [0.15, 0.2) is 5.78 Å². The van der Waals surface area contributed by atoms with Crippen LogP contribution in [0.5, 0.6) is 0 Å². The van der Waals surface area contributed by atoms with Crippen LogP contribution in [0, 0.1) is 17.9 Å². The number of rotatable bonds is 1. The maximum absolute atomic E-state index is 12.1. The molecule has 0 aliphatic carbocycles. The van der Waals surface area contributed by atoms with E-state index in [9.17, 15) is 4.79 Å². The fourth-order valence-corrected chi connectivity index (χ4v) is 2.03. The van der Waals surface area contributed by atoms with Crippen LogP contribution >= 0.6 is 0 Å². The second-order valence-electron chi connectivity index (χ2n) is 5.50. The number of nitrogens with one attached hydrogen (secondary N) is 1. The second kappa shape index (κ2) is 4.32. The topological polar surface area (TPSA) is 33.5 Å². The highest BCUT2D eigenvalue weighted by molar-refractivity contribution is 5.89. The zero-order valence-corrected chi connectivity index (χ0v) is 10.0. The van der Waals surface area contributed by atoms with Gasteiger partial charge in [-0.25, -0.2) is 6.57 Å². The van der Waals surface area contributed by atoms with Crippen LogP contribution < -0.4 is 5.32 Å². The number of carbonyl (C=O) groups excluding carboxylic acids is 1. The summed E-state index contributed by atoms with van der Waals surface area (Å²) in [5.74, 6) is 0.531. The molecule has 0 bridgehead atoms. The van der Waals surface area contributed by atoms with E-state index in [1.165, 1.54) is 0 Å². The second-order valence-corrected chi connectivity index (χ2v) is 5.50. The SMILES string of the molecule is [C-]#[N+]C1CNC(C(=O)C(C)(C)C)C(C)C1. The van der Waals surface area contributed by atoms with Gasteiger partial charge in [0.2, 0.25) is 6.04 Å². The van der Waals surface area contributed by atoms with E-state index in [4.69, 9.17) is 6.57 Å². The Kier molecular flexibility index (Phi) is 3.51. The molecular weight excluding hydrogens is 188 g/mol. The van der Waals surface area contributed by atoms with Gasteiger partial charge in [-0.3, -0.25) is 4.79 Å². The summed E-state index contributed by atoms with van der Waals surface area (Å²) in [6.07, 6.45) is 0.836. The van der Waals surface area contributed by atoms with Crippen molar-refractivity contribution in [2.24, 2.45) is 11.3 Å². The zero-order chi connectivity index (χ0) is 11.6. The third kappa shape index (κ3) is 2.79. The van der Waals surface area contributed by atoms with Gasteiger partial charge in [-0.15, -0.1) is 0 Å².